The van der Waals surface area contributed by atoms with Gasteiger partial charge in [-0.25, -0.2) is 15.0 Å². The first-order chi connectivity index (χ1) is 12.2. The van der Waals surface area contributed by atoms with Crippen LogP contribution in [0.1, 0.15) is 38.2 Å². The molecule has 0 radical (unpaired) electrons. The minimum atomic E-state index is 0.354. The lowest BCUT2D eigenvalue weighted by Crippen LogP contribution is -2.14. The fraction of sp³-hybridized carbons (Fsp3) is 0.421. The molecule has 1 aliphatic carbocycles. The average Bonchev–Trinajstić information content (AvgIpc) is 3.29. The summed E-state index contributed by atoms with van der Waals surface area (Å²) >= 11 is 1.65. The van der Waals surface area contributed by atoms with Gasteiger partial charge in [0.1, 0.15) is 6.61 Å². The van der Waals surface area contributed by atoms with Gasteiger partial charge in [0.25, 0.3) is 0 Å². The van der Waals surface area contributed by atoms with Gasteiger partial charge in [-0.1, -0.05) is 30.2 Å². The second-order valence-corrected chi connectivity index (χ2v) is 7.22. The molecule has 0 bridgehead atoms. The molecule has 5 nitrogen and oxygen atoms in total. The number of aliphatic imine (C=N–C) groups is 2. The van der Waals surface area contributed by atoms with Crippen LogP contribution < -0.4 is 5.32 Å². The Balaban J connectivity index is 1.71. The van der Waals surface area contributed by atoms with Crippen molar-refractivity contribution in [2.75, 3.05) is 19.0 Å². The van der Waals surface area contributed by atoms with Crippen LogP contribution in [-0.2, 0) is 4.74 Å². The maximum Gasteiger partial charge on any atom is 0.183 e. The van der Waals surface area contributed by atoms with Gasteiger partial charge in [-0.15, -0.1) is 0 Å². The van der Waals surface area contributed by atoms with Gasteiger partial charge in [-0.3, -0.25) is 0 Å². The summed E-state index contributed by atoms with van der Waals surface area (Å²) in [5.41, 5.74) is 3.21. The Morgan fingerprint density at radius 2 is 2.24 bits per heavy atom. The first-order valence-electron chi connectivity index (χ1n) is 8.60. The third kappa shape index (κ3) is 4.52. The van der Waals surface area contributed by atoms with E-state index in [2.05, 4.69) is 39.1 Å². The zero-order valence-corrected chi connectivity index (χ0v) is 15.6. The minimum absolute atomic E-state index is 0.354. The lowest BCUT2D eigenvalue weighted by Gasteiger charge is -2.09. The lowest BCUT2D eigenvalue weighted by molar-refractivity contribution is 0.0871. The molecule has 1 aliphatic rings. The smallest absolute Gasteiger partial charge is 0.183 e. The maximum absolute atomic E-state index is 5.86. The number of aromatic nitrogens is 1. The van der Waals surface area contributed by atoms with Gasteiger partial charge in [0.05, 0.1) is 16.3 Å². The zero-order valence-electron chi connectivity index (χ0n) is 14.8. The molecule has 0 unspecified atom stereocenters. The van der Waals surface area contributed by atoms with Crippen LogP contribution in [0.15, 0.2) is 34.4 Å². The molecule has 0 spiro atoms. The highest BCUT2D eigenvalue weighted by molar-refractivity contribution is 7.22. The van der Waals surface area contributed by atoms with Crippen LogP contribution in [-0.4, -0.2) is 37.3 Å². The summed E-state index contributed by atoms with van der Waals surface area (Å²) in [4.78, 5) is 13.0. The Bertz CT molecular complexity index is 803. The zero-order chi connectivity index (χ0) is 17.6. The van der Waals surface area contributed by atoms with E-state index in [4.69, 9.17) is 4.74 Å². The first kappa shape index (κ1) is 17.8. The normalized spacial score (nSPS) is 16.6. The number of nitrogens with zero attached hydrogens (tertiary/aromatic N) is 3. The quantitative estimate of drug-likeness (QED) is 0.600. The van der Waals surface area contributed by atoms with Crippen LogP contribution in [0.4, 0.5) is 5.13 Å². The van der Waals surface area contributed by atoms with Crippen molar-refractivity contribution in [3.05, 3.63) is 30.0 Å². The van der Waals surface area contributed by atoms with Crippen molar-refractivity contribution in [2.24, 2.45) is 9.98 Å². The molecule has 0 saturated heterocycles. The van der Waals surface area contributed by atoms with E-state index in [1.54, 1.807) is 11.3 Å². The minimum Gasteiger partial charge on any atom is -0.370 e. The standard InChI is InChI=1S/C19H24N4OS/c1-13(11-22-18(20-2)12-24-15-6-4-5-7-15)14-8-9-16-17(10-14)25-19(21-3)23-16/h8-11,15H,2,4-7,12H2,1,3H3,(H,21,23)/b13-11+,22-18-. The van der Waals surface area contributed by atoms with Gasteiger partial charge in [-0.05, 0) is 49.8 Å². The lowest BCUT2D eigenvalue weighted by atomic mass is 10.1. The molecule has 0 amide bonds. The van der Waals surface area contributed by atoms with E-state index >= 15 is 0 Å². The second-order valence-electron chi connectivity index (χ2n) is 6.18. The first-order valence-corrected chi connectivity index (χ1v) is 9.41. The fourth-order valence-corrected chi connectivity index (χ4v) is 3.75. The highest BCUT2D eigenvalue weighted by Gasteiger charge is 2.15. The SMILES string of the molecule is C=N/C(COC1CCCC1)=N\C=C(/C)c1ccc2nc(NC)sc2c1. The third-order valence-electron chi connectivity index (χ3n) is 4.40. The molecule has 3 rings (SSSR count). The van der Waals surface area contributed by atoms with E-state index in [0.29, 0.717) is 18.5 Å². The number of hydrogen-bond acceptors (Lipinski definition) is 5. The molecule has 2 aromatic rings. The number of thiazole rings is 1. The molecule has 1 heterocycles. The van der Waals surface area contributed by atoms with Gasteiger partial charge in [0, 0.05) is 13.2 Å². The van der Waals surface area contributed by atoms with Gasteiger partial charge >= 0.3 is 0 Å². The van der Waals surface area contributed by atoms with E-state index in [9.17, 15) is 0 Å². The van der Waals surface area contributed by atoms with E-state index in [-0.39, 0.29) is 0 Å². The number of hydrogen-bond donors (Lipinski definition) is 1. The molecule has 1 saturated carbocycles. The van der Waals surface area contributed by atoms with E-state index < -0.39 is 0 Å². The van der Waals surface area contributed by atoms with E-state index in [0.717, 1.165) is 39.3 Å². The fourth-order valence-electron chi connectivity index (χ4n) is 2.89. The molecular weight excluding hydrogens is 332 g/mol. The Morgan fingerprint density at radius 1 is 1.44 bits per heavy atom. The number of ether oxygens (including phenoxy) is 1. The van der Waals surface area contributed by atoms with E-state index in [1.165, 1.54) is 12.8 Å². The summed E-state index contributed by atoms with van der Waals surface area (Å²) in [6.45, 7) is 6.08. The highest BCUT2D eigenvalue weighted by Crippen LogP contribution is 2.28. The molecule has 1 aromatic heterocycles. The Morgan fingerprint density at radius 3 is 2.96 bits per heavy atom. The number of rotatable bonds is 6. The van der Waals surface area contributed by atoms with Crippen molar-refractivity contribution in [1.29, 1.82) is 0 Å². The predicted octanol–water partition coefficient (Wildman–Crippen LogP) is 4.76. The van der Waals surface area contributed by atoms with Crippen LogP contribution in [0, 0.1) is 0 Å². The van der Waals surface area contributed by atoms with Crippen molar-refractivity contribution in [3.8, 4) is 0 Å². The van der Waals surface area contributed by atoms with Crippen molar-refractivity contribution in [3.63, 3.8) is 0 Å². The van der Waals surface area contributed by atoms with Crippen LogP contribution in [0.5, 0.6) is 0 Å². The Labute approximate surface area is 152 Å². The summed E-state index contributed by atoms with van der Waals surface area (Å²) in [6, 6.07) is 6.25. The second kappa shape index (κ2) is 8.36. The topological polar surface area (TPSA) is 58.9 Å². The summed E-state index contributed by atoms with van der Waals surface area (Å²) in [5, 5.41) is 4.01. The van der Waals surface area contributed by atoms with Crippen LogP contribution in [0.25, 0.3) is 15.8 Å². The largest absolute Gasteiger partial charge is 0.370 e. The number of fused-ring (bicyclic) bond motifs is 1. The molecule has 132 valence electrons. The van der Waals surface area contributed by atoms with Gasteiger partial charge in [0.15, 0.2) is 11.0 Å². The predicted molar refractivity (Wildman–Crippen MR) is 108 cm³/mol. The van der Waals surface area contributed by atoms with Crippen molar-refractivity contribution in [2.45, 2.75) is 38.7 Å². The van der Waals surface area contributed by atoms with Gasteiger partial charge < -0.3 is 10.1 Å². The van der Waals surface area contributed by atoms with Crippen LogP contribution in [0.2, 0.25) is 0 Å². The number of nitrogens with one attached hydrogen (secondary N) is 1. The average molecular weight is 356 g/mol. The monoisotopic (exact) mass is 356 g/mol. The summed E-state index contributed by atoms with van der Waals surface area (Å²) in [6.07, 6.45) is 6.99. The van der Waals surface area contributed by atoms with Crippen molar-refractivity contribution >= 4 is 44.8 Å². The number of allylic oxidation sites excluding steroid dienone is 1. The molecule has 1 fully saturated rings. The van der Waals surface area contributed by atoms with Crippen LogP contribution >= 0.6 is 11.3 Å². The number of amidine groups is 1. The van der Waals surface area contributed by atoms with Crippen LogP contribution in [0.3, 0.4) is 0 Å². The molecule has 0 aliphatic heterocycles. The Kier molecular flexibility index (Phi) is 5.94. The van der Waals surface area contributed by atoms with Gasteiger partial charge in [-0.2, -0.15) is 0 Å². The van der Waals surface area contributed by atoms with Crippen molar-refractivity contribution < 1.29 is 4.74 Å². The summed E-state index contributed by atoms with van der Waals surface area (Å²) in [7, 11) is 1.88. The molecule has 1 N–H and O–H groups in total. The van der Waals surface area contributed by atoms with Gasteiger partial charge in [0.2, 0.25) is 0 Å². The summed E-state index contributed by atoms with van der Waals surface area (Å²) < 4.78 is 7.02. The molecular formula is C19H24N4OS. The molecule has 25 heavy (non-hydrogen) atoms. The molecule has 6 heteroatoms. The van der Waals surface area contributed by atoms with Crippen molar-refractivity contribution in [1.82, 2.24) is 4.98 Å². The molecule has 1 aromatic carbocycles. The highest BCUT2D eigenvalue weighted by atomic mass is 32.1. The number of benzene rings is 1. The number of anilines is 1. The third-order valence-corrected chi connectivity index (χ3v) is 5.43. The maximum atomic E-state index is 5.86. The van der Waals surface area contributed by atoms with E-state index in [1.807, 2.05) is 26.2 Å². The Hall–Kier alpha value is -2.05. The molecule has 0 atom stereocenters. The summed E-state index contributed by atoms with van der Waals surface area (Å²) in [5.74, 6) is 0.627.